The van der Waals surface area contributed by atoms with Gasteiger partial charge < -0.3 is 20.4 Å². The quantitative estimate of drug-likeness (QED) is 0.766. The Morgan fingerprint density at radius 2 is 1.88 bits per heavy atom. The zero-order chi connectivity index (χ0) is 19.3. The van der Waals surface area contributed by atoms with Gasteiger partial charge in [0.15, 0.2) is 5.11 Å². The van der Waals surface area contributed by atoms with Gasteiger partial charge in [-0.15, -0.1) is 0 Å². The summed E-state index contributed by atoms with van der Waals surface area (Å²) in [5.41, 5.74) is 1.57. The molecular formula is C18H25ClN4O2S. The molecule has 0 aromatic heterocycles. The molecule has 0 unspecified atom stereocenters. The van der Waals surface area contributed by atoms with Crippen molar-refractivity contribution in [1.82, 2.24) is 10.2 Å². The topological polar surface area (TPSA) is 64.7 Å². The van der Waals surface area contributed by atoms with Crippen LogP contribution in [-0.4, -0.2) is 48.0 Å². The summed E-state index contributed by atoms with van der Waals surface area (Å²) in [6, 6.07) is 5.52. The van der Waals surface area contributed by atoms with Crippen molar-refractivity contribution in [3.05, 3.63) is 23.2 Å². The minimum atomic E-state index is -0.146. The van der Waals surface area contributed by atoms with Gasteiger partial charge in [0, 0.05) is 38.5 Å². The fourth-order valence-electron chi connectivity index (χ4n) is 2.82. The van der Waals surface area contributed by atoms with Gasteiger partial charge in [0.05, 0.1) is 16.4 Å². The van der Waals surface area contributed by atoms with Crippen LogP contribution in [-0.2, 0) is 9.59 Å². The molecule has 0 saturated carbocycles. The number of amides is 2. The molecule has 8 heteroatoms. The summed E-state index contributed by atoms with van der Waals surface area (Å²) >= 11 is 11.6. The second kappa shape index (κ2) is 9.19. The molecule has 0 aliphatic carbocycles. The Balaban J connectivity index is 2.11. The van der Waals surface area contributed by atoms with Gasteiger partial charge in [-0.25, -0.2) is 0 Å². The van der Waals surface area contributed by atoms with E-state index in [4.69, 9.17) is 23.8 Å². The molecule has 1 saturated heterocycles. The van der Waals surface area contributed by atoms with Crippen molar-refractivity contribution >= 4 is 52.1 Å². The highest BCUT2D eigenvalue weighted by atomic mass is 35.5. The van der Waals surface area contributed by atoms with E-state index in [-0.39, 0.29) is 22.8 Å². The van der Waals surface area contributed by atoms with Gasteiger partial charge in [-0.3, -0.25) is 9.59 Å². The largest absolute Gasteiger partial charge is 0.365 e. The Morgan fingerprint density at radius 3 is 2.46 bits per heavy atom. The molecule has 0 spiro atoms. The molecule has 0 radical (unpaired) electrons. The fraction of sp³-hybridized carbons (Fsp3) is 0.500. The van der Waals surface area contributed by atoms with E-state index in [0.29, 0.717) is 37.6 Å². The van der Waals surface area contributed by atoms with E-state index < -0.39 is 0 Å². The van der Waals surface area contributed by atoms with E-state index >= 15 is 0 Å². The highest BCUT2D eigenvalue weighted by Gasteiger charge is 2.25. The lowest BCUT2D eigenvalue weighted by molar-refractivity contribution is -0.134. The second-order valence-electron chi connectivity index (χ2n) is 6.46. The Hall–Kier alpha value is -1.86. The average Bonchev–Trinajstić information content (AvgIpc) is 2.61. The van der Waals surface area contributed by atoms with Crippen LogP contribution in [0.1, 0.15) is 27.2 Å². The van der Waals surface area contributed by atoms with Gasteiger partial charge in [-0.1, -0.05) is 38.4 Å². The Morgan fingerprint density at radius 1 is 1.23 bits per heavy atom. The number of carbonyl (C=O) groups is 2. The van der Waals surface area contributed by atoms with E-state index in [0.717, 1.165) is 11.4 Å². The molecule has 26 heavy (non-hydrogen) atoms. The zero-order valence-electron chi connectivity index (χ0n) is 15.3. The summed E-state index contributed by atoms with van der Waals surface area (Å²) in [7, 11) is 0. The maximum atomic E-state index is 12.2. The molecule has 6 nitrogen and oxygen atoms in total. The first-order chi connectivity index (χ1) is 12.3. The molecule has 1 aliphatic heterocycles. The van der Waals surface area contributed by atoms with Crippen LogP contribution >= 0.6 is 23.8 Å². The van der Waals surface area contributed by atoms with Crippen LogP contribution in [0.4, 0.5) is 11.4 Å². The molecule has 1 aliphatic rings. The first-order valence-corrected chi connectivity index (χ1v) is 9.55. The predicted octanol–water partition coefficient (Wildman–Crippen LogP) is 2.87. The summed E-state index contributed by atoms with van der Waals surface area (Å²) in [6.07, 6.45) is 0.357. The number of para-hydroxylation sites is 1. The van der Waals surface area contributed by atoms with Crippen LogP contribution in [0.25, 0.3) is 0 Å². The standard InChI is InChI=1S/C18H25ClN4O2S/c1-4-15(24)21-18(26)20-14-7-5-6-13(19)16(14)22-8-10-23(11-9-22)17(25)12(2)3/h5-7,12H,4,8-11H2,1-3H3,(H2,20,21,24,26). The molecule has 0 bridgehead atoms. The summed E-state index contributed by atoms with van der Waals surface area (Å²) in [5.74, 6) is 0.0242. The minimum absolute atomic E-state index is 0.00126. The van der Waals surface area contributed by atoms with Crippen LogP contribution in [0.15, 0.2) is 18.2 Å². The number of carbonyl (C=O) groups excluding carboxylic acids is 2. The molecule has 1 aromatic carbocycles. The van der Waals surface area contributed by atoms with Crippen LogP contribution in [0.3, 0.4) is 0 Å². The van der Waals surface area contributed by atoms with Crippen LogP contribution in [0, 0.1) is 5.92 Å². The molecule has 2 rings (SSSR count). The van der Waals surface area contributed by atoms with Gasteiger partial charge >= 0.3 is 0 Å². The number of thiocarbonyl (C=S) groups is 1. The lowest BCUT2D eigenvalue weighted by Gasteiger charge is -2.38. The number of hydrogen-bond donors (Lipinski definition) is 2. The van der Waals surface area contributed by atoms with Crippen LogP contribution in [0.2, 0.25) is 5.02 Å². The molecule has 0 atom stereocenters. The number of piperazine rings is 1. The van der Waals surface area contributed by atoms with Crippen LogP contribution < -0.4 is 15.5 Å². The number of anilines is 2. The Bertz CT molecular complexity index is 688. The lowest BCUT2D eigenvalue weighted by atomic mass is 10.1. The molecular weight excluding hydrogens is 372 g/mol. The van der Waals surface area contributed by atoms with Crippen molar-refractivity contribution in [1.29, 1.82) is 0 Å². The van der Waals surface area contributed by atoms with Crippen molar-refractivity contribution in [3.63, 3.8) is 0 Å². The number of halogens is 1. The van der Waals surface area contributed by atoms with Gasteiger partial charge in [0.2, 0.25) is 11.8 Å². The van der Waals surface area contributed by atoms with E-state index in [9.17, 15) is 9.59 Å². The van der Waals surface area contributed by atoms with Gasteiger partial charge in [-0.05, 0) is 24.4 Å². The van der Waals surface area contributed by atoms with E-state index in [2.05, 4.69) is 15.5 Å². The SMILES string of the molecule is CCC(=O)NC(=S)Nc1cccc(Cl)c1N1CCN(C(=O)C(C)C)CC1. The first kappa shape index (κ1) is 20.5. The maximum absolute atomic E-state index is 12.2. The Labute approximate surface area is 164 Å². The number of hydrogen-bond acceptors (Lipinski definition) is 4. The van der Waals surface area contributed by atoms with Crippen LogP contribution in [0.5, 0.6) is 0 Å². The third-order valence-corrected chi connectivity index (χ3v) is 4.72. The average molecular weight is 397 g/mol. The fourth-order valence-corrected chi connectivity index (χ4v) is 3.34. The van der Waals surface area contributed by atoms with Crippen molar-refractivity contribution in [3.8, 4) is 0 Å². The minimum Gasteiger partial charge on any atom is -0.365 e. The van der Waals surface area contributed by atoms with E-state index in [1.54, 1.807) is 6.92 Å². The summed E-state index contributed by atoms with van der Waals surface area (Å²) < 4.78 is 0. The molecule has 142 valence electrons. The molecule has 2 N–H and O–H groups in total. The van der Waals surface area contributed by atoms with Gasteiger partial charge in [0.25, 0.3) is 0 Å². The van der Waals surface area contributed by atoms with Gasteiger partial charge in [-0.2, -0.15) is 0 Å². The van der Waals surface area contributed by atoms with E-state index in [1.165, 1.54) is 0 Å². The smallest absolute Gasteiger partial charge is 0.225 e. The van der Waals surface area contributed by atoms with E-state index in [1.807, 2.05) is 36.9 Å². The lowest BCUT2D eigenvalue weighted by Crippen LogP contribution is -2.50. The highest BCUT2D eigenvalue weighted by molar-refractivity contribution is 7.80. The maximum Gasteiger partial charge on any atom is 0.225 e. The third kappa shape index (κ3) is 5.08. The Kier molecular flexibility index (Phi) is 7.23. The van der Waals surface area contributed by atoms with Crippen molar-refractivity contribution in [2.75, 3.05) is 36.4 Å². The highest BCUT2D eigenvalue weighted by Crippen LogP contribution is 2.34. The van der Waals surface area contributed by atoms with Crippen molar-refractivity contribution in [2.45, 2.75) is 27.2 Å². The molecule has 1 heterocycles. The number of rotatable bonds is 4. The zero-order valence-corrected chi connectivity index (χ0v) is 16.9. The molecule has 2 amide bonds. The van der Waals surface area contributed by atoms with Crippen molar-refractivity contribution in [2.24, 2.45) is 5.92 Å². The second-order valence-corrected chi connectivity index (χ2v) is 7.27. The van der Waals surface area contributed by atoms with Gasteiger partial charge in [0.1, 0.15) is 0 Å². The normalized spacial score (nSPS) is 14.3. The number of benzene rings is 1. The first-order valence-electron chi connectivity index (χ1n) is 8.76. The third-order valence-electron chi connectivity index (χ3n) is 4.21. The summed E-state index contributed by atoms with van der Waals surface area (Å²) in [4.78, 5) is 27.7. The monoisotopic (exact) mass is 396 g/mol. The molecule has 1 aromatic rings. The molecule has 1 fully saturated rings. The summed E-state index contributed by atoms with van der Waals surface area (Å²) in [5, 5.41) is 6.53. The summed E-state index contributed by atoms with van der Waals surface area (Å²) in [6.45, 7) is 8.26. The number of nitrogens with zero attached hydrogens (tertiary/aromatic N) is 2. The number of nitrogens with one attached hydrogen (secondary N) is 2. The van der Waals surface area contributed by atoms with Crippen molar-refractivity contribution < 1.29 is 9.59 Å². The predicted molar refractivity (Wildman–Crippen MR) is 110 cm³/mol.